The van der Waals surface area contributed by atoms with Crippen LogP contribution in [-0.4, -0.2) is 42.3 Å². The molecule has 1 aromatic rings. The number of esters is 1. The molecule has 0 atom stereocenters. The Hall–Kier alpha value is -1.21. The minimum absolute atomic E-state index is 0.0151. The molecule has 0 aliphatic rings. The number of rotatable bonds is 7. The summed E-state index contributed by atoms with van der Waals surface area (Å²) in [6.07, 6.45) is 0.246. The van der Waals surface area contributed by atoms with Gasteiger partial charge in [-0.05, 0) is 18.1 Å². The number of hydrogen-bond acceptors (Lipinski definition) is 5. The second-order valence-electron chi connectivity index (χ2n) is 4.06. The van der Waals surface area contributed by atoms with Gasteiger partial charge in [-0.3, -0.25) is 4.79 Å². The Morgan fingerprint density at radius 1 is 1.11 bits per heavy atom. The highest BCUT2D eigenvalue weighted by molar-refractivity contribution is 6.60. The van der Waals surface area contributed by atoms with E-state index in [1.54, 1.807) is 0 Å². The molecule has 1 aromatic carbocycles. The van der Waals surface area contributed by atoms with Crippen LogP contribution in [0.4, 0.5) is 0 Å². The number of carbonyl (C=O) groups excluding carboxylic acids is 1. The van der Waals surface area contributed by atoms with E-state index in [-0.39, 0.29) is 18.6 Å². The third-order valence-corrected chi connectivity index (χ3v) is 5.30. The molecule has 0 aromatic heterocycles. The molecule has 0 amide bonds. The van der Waals surface area contributed by atoms with Crippen molar-refractivity contribution in [2.45, 2.75) is 13.3 Å². The average Bonchev–Trinajstić information content (AvgIpc) is 2.44. The standard InChI is InChI=1S/C13H20O5Si/c1-11-7-5-6-8-12(11)9-13(14)18-10-19(15-2,16-3)17-4/h5-8H,9-10H2,1-4H3. The first kappa shape index (κ1) is 15.8. The Kier molecular flexibility index (Phi) is 6.17. The van der Waals surface area contributed by atoms with E-state index in [4.69, 9.17) is 18.0 Å². The highest BCUT2D eigenvalue weighted by atomic mass is 28.4. The van der Waals surface area contributed by atoms with Gasteiger partial charge < -0.3 is 18.0 Å². The first-order chi connectivity index (χ1) is 9.06. The monoisotopic (exact) mass is 284 g/mol. The normalized spacial score (nSPS) is 11.4. The zero-order chi connectivity index (χ0) is 14.3. The molecule has 0 aliphatic heterocycles. The number of carbonyl (C=O) groups is 1. The second-order valence-corrected chi connectivity index (χ2v) is 6.94. The zero-order valence-corrected chi connectivity index (χ0v) is 12.8. The van der Waals surface area contributed by atoms with Crippen LogP contribution in [0.1, 0.15) is 11.1 Å². The lowest BCUT2D eigenvalue weighted by Gasteiger charge is -2.23. The van der Waals surface area contributed by atoms with Crippen molar-refractivity contribution in [2.24, 2.45) is 0 Å². The van der Waals surface area contributed by atoms with Crippen LogP contribution in [0.3, 0.4) is 0 Å². The molecule has 0 unspecified atom stereocenters. The van der Waals surface area contributed by atoms with Gasteiger partial charge in [0.15, 0.2) is 6.23 Å². The molecule has 6 heteroatoms. The van der Waals surface area contributed by atoms with Crippen LogP contribution >= 0.6 is 0 Å². The lowest BCUT2D eigenvalue weighted by Crippen LogP contribution is -2.48. The number of aryl methyl sites for hydroxylation is 1. The quantitative estimate of drug-likeness (QED) is 0.561. The molecule has 0 saturated carbocycles. The van der Waals surface area contributed by atoms with E-state index in [0.717, 1.165) is 11.1 Å². The molecule has 1 rings (SSSR count). The molecule has 19 heavy (non-hydrogen) atoms. The first-order valence-corrected chi connectivity index (χ1v) is 7.85. The average molecular weight is 284 g/mol. The van der Waals surface area contributed by atoms with Crippen molar-refractivity contribution >= 4 is 14.8 Å². The fraction of sp³-hybridized carbons (Fsp3) is 0.462. The predicted octanol–water partition coefficient (Wildman–Crippen LogP) is 1.50. The number of hydrogen-bond donors (Lipinski definition) is 0. The van der Waals surface area contributed by atoms with E-state index in [9.17, 15) is 4.79 Å². The number of benzene rings is 1. The van der Waals surface area contributed by atoms with Crippen molar-refractivity contribution in [3.8, 4) is 0 Å². The zero-order valence-electron chi connectivity index (χ0n) is 11.8. The Morgan fingerprint density at radius 2 is 1.68 bits per heavy atom. The van der Waals surface area contributed by atoms with Gasteiger partial charge in [0.05, 0.1) is 6.42 Å². The molecule has 0 N–H and O–H groups in total. The maximum Gasteiger partial charge on any atom is 0.539 e. The van der Waals surface area contributed by atoms with E-state index in [2.05, 4.69) is 0 Å². The van der Waals surface area contributed by atoms with Crippen LogP contribution < -0.4 is 0 Å². The van der Waals surface area contributed by atoms with Gasteiger partial charge in [-0.1, -0.05) is 24.3 Å². The summed E-state index contributed by atoms with van der Waals surface area (Å²) in [7, 11) is 1.59. The van der Waals surface area contributed by atoms with Crippen LogP contribution in [0.25, 0.3) is 0 Å². The highest BCUT2D eigenvalue weighted by Crippen LogP contribution is 2.10. The molecule has 106 valence electrons. The van der Waals surface area contributed by atoms with Crippen LogP contribution in [0.2, 0.25) is 0 Å². The van der Waals surface area contributed by atoms with Crippen molar-refractivity contribution in [3.63, 3.8) is 0 Å². The fourth-order valence-electron chi connectivity index (χ4n) is 1.61. The topological polar surface area (TPSA) is 54.0 Å². The Morgan fingerprint density at radius 3 is 2.21 bits per heavy atom. The van der Waals surface area contributed by atoms with Gasteiger partial charge in [-0.15, -0.1) is 0 Å². The van der Waals surface area contributed by atoms with Gasteiger partial charge in [0.1, 0.15) is 0 Å². The van der Waals surface area contributed by atoms with Gasteiger partial charge in [-0.2, -0.15) is 0 Å². The van der Waals surface area contributed by atoms with Crippen LogP contribution in [0.15, 0.2) is 24.3 Å². The van der Waals surface area contributed by atoms with Crippen LogP contribution in [0, 0.1) is 6.92 Å². The summed E-state index contributed by atoms with van der Waals surface area (Å²) in [4.78, 5) is 11.8. The summed E-state index contributed by atoms with van der Waals surface area (Å²) >= 11 is 0. The van der Waals surface area contributed by atoms with Crippen molar-refractivity contribution in [1.82, 2.24) is 0 Å². The van der Waals surface area contributed by atoms with Gasteiger partial charge in [0.2, 0.25) is 0 Å². The minimum atomic E-state index is -2.85. The summed E-state index contributed by atoms with van der Waals surface area (Å²) < 4.78 is 20.7. The molecule has 0 heterocycles. The van der Waals surface area contributed by atoms with E-state index in [1.165, 1.54) is 21.3 Å². The van der Waals surface area contributed by atoms with E-state index < -0.39 is 8.80 Å². The molecule has 0 bridgehead atoms. The molecule has 0 radical (unpaired) electrons. The lowest BCUT2D eigenvalue weighted by molar-refractivity contribution is -0.142. The van der Waals surface area contributed by atoms with Gasteiger partial charge in [0.25, 0.3) is 0 Å². The summed E-state index contributed by atoms with van der Waals surface area (Å²) in [5.74, 6) is -0.322. The lowest BCUT2D eigenvalue weighted by atomic mass is 10.1. The smallest absolute Gasteiger partial charge is 0.461 e. The largest absolute Gasteiger partial charge is 0.539 e. The van der Waals surface area contributed by atoms with Gasteiger partial charge in [0, 0.05) is 21.3 Å². The molecular weight excluding hydrogens is 264 g/mol. The highest BCUT2D eigenvalue weighted by Gasteiger charge is 2.40. The minimum Gasteiger partial charge on any atom is -0.461 e. The third kappa shape index (κ3) is 4.43. The molecule has 0 spiro atoms. The van der Waals surface area contributed by atoms with Crippen molar-refractivity contribution in [3.05, 3.63) is 35.4 Å². The molecule has 0 fully saturated rings. The maximum absolute atomic E-state index is 11.8. The predicted molar refractivity (Wildman–Crippen MR) is 72.6 cm³/mol. The molecule has 0 saturated heterocycles. The third-order valence-electron chi connectivity index (χ3n) is 2.94. The van der Waals surface area contributed by atoms with E-state index in [1.807, 2.05) is 31.2 Å². The second kappa shape index (κ2) is 7.39. The van der Waals surface area contributed by atoms with Crippen molar-refractivity contribution < 1.29 is 22.8 Å². The first-order valence-electron chi connectivity index (χ1n) is 5.92. The summed E-state index contributed by atoms with van der Waals surface area (Å²) in [5.41, 5.74) is 2.01. The Balaban J connectivity index is 2.55. The van der Waals surface area contributed by atoms with Gasteiger partial charge in [-0.25, -0.2) is 0 Å². The SMILES string of the molecule is CO[Si](COC(=O)Cc1ccccc1C)(OC)OC. The van der Waals surface area contributed by atoms with Crippen molar-refractivity contribution in [2.75, 3.05) is 27.6 Å². The van der Waals surface area contributed by atoms with E-state index in [0.29, 0.717) is 0 Å². The van der Waals surface area contributed by atoms with E-state index >= 15 is 0 Å². The van der Waals surface area contributed by atoms with Crippen LogP contribution in [0.5, 0.6) is 0 Å². The Labute approximate surface area is 114 Å². The fourth-order valence-corrected chi connectivity index (χ4v) is 2.80. The molecule has 5 nitrogen and oxygen atoms in total. The molecule has 0 aliphatic carbocycles. The van der Waals surface area contributed by atoms with Crippen LogP contribution in [-0.2, 0) is 29.2 Å². The van der Waals surface area contributed by atoms with Gasteiger partial charge >= 0.3 is 14.8 Å². The molecular formula is C13H20O5Si. The summed E-state index contributed by atoms with van der Waals surface area (Å²) in [6, 6.07) is 7.70. The summed E-state index contributed by atoms with van der Waals surface area (Å²) in [6.45, 7) is 1.96. The maximum atomic E-state index is 11.8. The van der Waals surface area contributed by atoms with Crippen molar-refractivity contribution in [1.29, 1.82) is 0 Å². The Bertz CT molecular complexity index is 409. The number of ether oxygens (including phenoxy) is 1. The summed E-state index contributed by atoms with van der Waals surface area (Å²) in [5, 5.41) is 0.